The number of carbonyl (C=O) groups excluding carboxylic acids is 3. The summed E-state index contributed by atoms with van der Waals surface area (Å²) in [4.78, 5) is 38.3. The van der Waals surface area contributed by atoms with E-state index < -0.39 is 12.1 Å². The highest BCUT2D eigenvalue weighted by Crippen LogP contribution is 2.23. The molecule has 2 amide bonds. The van der Waals surface area contributed by atoms with Crippen LogP contribution >= 0.6 is 24.8 Å². The molecule has 2 aliphatic rings. The Bertz CT molecular complexity index is 534. The first-order valence-corrected chi connectivity index (χ1v) is 9.37. The second-order valence-electron chi connectivity index (χ2n) is 6.97. The van der Waals surface area contributed by atoms with Crippen molar-refractivity contribution in [1.29, 1.82) is 5.41 Å². The standard InChI is InChI=1S/C17H30N6O3.2ClH.H2O/c18-17(19)21-8-2-5-13(11-24)22-15(25)14-6-3-9-23(14)16(26)12-4-1-7-20-10-12;;;/h11-14,20H,1-10H2,(H,22,25)(H4,18,19,21);2*1H;1H2/t12?,13-,14-;;;/m0.../s1. The Morgan fingerprint density at radius 2 is 2.00 bits per heavy atom. The summed E-state index contributed by atoms with van der Waals surface area (Å²) >= 11 is 0. The number of nitrogens with two attached hydrogens (primary N) is 1. The van der Waals surface area contributed by atoms with E-state index in [-0.39, 0.29) is 54.0 Å². The Balaban J connectivity index is 0. The van der Waals surface area contributed by atoms with Crippen molar-refractivity contribution in [1.82, 2.24) is 20.9 Å². The summed E-state index contributed by atoms with van der Waals surface area (Å²) in [5.41, 5.74) is 5.20. The molecular formula is C17H34Cl2N6O4. The summed E-state index contributed by atoms with van der Waals surface area (Å²) in [5.74, 6) is -0.384. The van der Waals surface area contributed by atoms with Crippen molar-refractivity contribution >= 4 is 48.9 Å². The van der Waals surface area contributed by atoms with Crippen molar-refractivity contribution in [2.75, 3.05) is 26.2 Å². The van der Waals surface area contributed by atoms with Crippen LogP contribution in [0.4, 0.5) is 0 Å². The molecule has 1 unspecified atom stereocenters. The molecule has 0 aromatic heterocycles. The molecule has 0 spiro atoms. The van der Waals surface area contributed by atoms with Crippen molar-refractivity contribution in [2.45, 2.75) is 50.6 Å². The second kappa shape index (κ2) is 15.3. The fourth-order valence-electron chi connectivity index (χ4n) is 3.60. The normalized spacial score (nSPS) is 21.4. The first-order chi connectivity index (χ1) is 12.5. The van der Waals surface area contributed by atoms with Gasteiger partial charge in [0.15, 0.2) is 5.96 Å². The van der Waals surface area contributed by atoms with Gasteiger partial charge in [0.1, 0.15) is 12.3 Å². The van der Waals surface area contributed by atoms with Crippen LogP contribution in [0.1, 0.15) is 38.5 Å². The lowest BCUT2D eigenvalue weighted by molar-refractivity contribution is -0.142. The van der Waals surface area contributed by atoms with E-state index in [0.717, 1.165) is 32.1 Å². The van der Waals surface area contributed by atoms with Gasteiger partial charge in [-0.25, -0.2) is 0 Å². The molecule has 0 saturated carbocycles. The van der Waals surface area contributed by atoms with Gasteiger partial charge in [0, 0.05) is 19.6 Å². The molecular weight excluding hydrogens is 423 g/mol. The third-order valence-corrected chi connectivity index (χ3v) is 4.98. The van der Waals surface area contributed by atoms with E-state index in [9.17, 15) is 14.4 Å². The van der Waals surface area contributed by atoms with Gasteiger partial charge in [0.2, 0.25) is 11.8 Å². The number of carbonyl (C=O) groups is 3. The predicted molar refractivity (Wildman–Crippen MR) is 116 cm³/mol. The fourth-order valence-corrected chi connectivity index (χ4v) is 3.60. The zero-order valence-electron chi connectivity index (χ0n) is 16.4. The molecule has 170 valence electrons. The molecule has 2 heterocycles. The van der Waals surface area contributed by atoms with Gasteiger partial charge in [-0.2, -0.15) is 0 Å². The molecule has 8 N–H and O–H groups in total. The van der Waals surface area contributed by atoms with Crippen LogP contribution in [0.15, 0.2) is 0 Å². The third kappa shape index (κ3) is 9.16. The molecule has 2 saturated heterocycles. The number of hydrogen-bond donors (Lipinski definition) is 5. The van der Waals surface area contributed by atoms with E-state index in [1.54, 1.807) is 4.90 Å². The van der Waals surface area contributed by atoms with Crippen LogP contribution in [-0.2, 0) is 14.4 Å². The molecule has 29 heavy (non-hydrogen) atoms. The molecule has 0 aromatic rings. The maximum absolute atomic E-state index is 12.7. The average molecular weight is 457 g/mol. The van der Waals surface area contributed by atoms with Crippen molar-refractivity contribution < 1.29 is 19.9 Å². The van der Waals surface area contributed by atoms with Crippen LogP contribution in [0.5, 0.6) is 0 Å². The Labute approximate surface area is 183 Å². The van der Waals surface area contributed by atoms with Crippen molar-refractivity contribution in [3.05, 3.63) is 0 Å². The number of likely N-dealkylation sites (tertiary alicyclic amines) is 1. The molecule has 0 aliphatic carbocycles. The quantitative estimate of drug-likeness (QED) is 0.135. The fraction of sp³-hybridized carbons (Fsp3) is 0.765. The minimum Gasteiger partial charge on any atom is -0.412 e. The van der Waals surface area contributed by atoms with E-state index in [4.69, 9.17) is 11.1 Å². The van der Waals surface area contributed by atoms with E-state index in [1.807, 2.05) is 0 Å². The Morgan fingerprint density at radius 1 is 1.28 bits per heavy atom. The average Bonchev–Trinajstić information content (AvgIpc) is 3.13. The summed E-state index contributed by atoms with van der Waals surface area (Å²) in [6, 6.07) is -1.08. The van der Waals surface area contributed by atoms with E-state index in [2.05, 4.69) is 16.0 Å². The summed E-state index contributed by atoms with van der Waals surface area (Å²) in [5, 5.41) is 15.7. The number of halogens is 2. The lowest BCUT2D eigenvalue weighted by atomic mass is 9.97. The number of aldehydes is 1. The summed E-state index contributed by atoms with van der Waals surface area (Å²) in [7, 11) is 0. The predicted octanol–water partition coefficient (Wildman–Crippen LogP) is -1.06. The number of nitrogens with zero attached hydrogens (tertiary/aromatic N) is 1. The lowest BCUT2D eigenvalue weighted by Gasteiger charge is -2.30. The Hall–Kier alpha value is -1.62. The number of nitrogens with one attached hydrogen (secondary N) is 4. The zero-order valence-corrected chi connectivity index (χ0v) is 18.1. The maximum atomic E-state index is 12.7. The minimum absolute atomic E-state index is 0. The van der Waals surface area contributed by atoms with Gasteiger partial charge >= 0.3 is 0 Å². The molecule has 12 heteroatoms. The van der Waals surface area contributed by atoms with Gasteiger partial charge in [-0.1, -0.05) is 0 Å². The highest BCUT2D eigenvalue weighted by molar-refractivity contribution is 5.90. The molecule has 2 aliphatic heterocycles. The van der Waals surface area contributed by atoms with Gasteiger partial charge in [0.05, 0.1) is 12.0 Å². The minimum atomic E-state index is -0.592. The zero-order chi connectivity index (χ0) is 18.9. The van der Waals surface area contributed by atoms with Crippen molar-refractivity contribution in [3.63, 3.8) is 0 Å². The first-order valence-electron chi connectivity index (χ1n) is 9.37. The molecule has 10 nitrogen and oxygen atoms in total. The van der Waals surface area contributed by atoms with Crippen molar-refractivity contribution in [3.8, 4) is 0 Å². The number of guanidine groups is 1. The van der Waals surface area contributed by atoms with Gasteiger partial charge in [-0.05, 0) is 45.1 Å². The van der Waals surface area contributed by atoms with Gasteiger partial charge in [-0.15, -0.1) is 24.8 Å². The highest BCUT2D eigenvalue weighted by Gasteiger charge is 2.37. The summed E-state index contributed by atoms with van der Waals surface area (Å²) in [6.45, 7) is 2.68. The summed E-state index contributed by atoms with van der Waals surface area (Å²) in [6.07, 6.45) is 5.05. The van der Waals surface area contributed by atoms with Crippen LogP contribution in [0, 0.1) is 11.3 Å². The number of hydrogen-bond acceptors (Lipinski definition) is 5. The molecule has 3 atom stereocenters. The van der Waals surface area contributed by atoms with Gasteiger partial charge < -0.3 is 36.9 Å². The van der Waals surface area contributed by atoms with Crippen LogP contribution in [0.3, 0.4) is 0 Å². The SMILES string of the molecule is Cl.Cl.N=C(N)NCCC[C@@H](C=O)NC(=O)[C@@H]1CCCN1C(=O)C1CCCNC1.O. The van der Waals surface area contributed by atoms with Crippen LogP contribution in [-0.4, -0.2) is 72.7 Å². The molecule has 2 rings (SSSR count). The number of amides is 2. The second-order valence-corrected chi connectivity index (χ2v) is 6.97. The lowest BCUT2D eigenvalue weighted by Crippen LogP contribution is -2.52. The van der Waals surface area contributed by atoms with Crippen LogP contribution < -0.4 is 21.7 Å². The van der Waals surface area contributed by atoms with Gasteiger partial charge in [-0.3, -0.25) is 15.0 Å². The van der Waals surface area contributed by atoms with E-state index in [0.29, 0.717) is 38.9 Å². The Kier molecular flexibility index (Phi) is 15.6. The number of piperidine rings is 1. The largest absolute Gasteiger partial charge is 0.412 e. The molecule has 0 radical (unpaired) electrons. The van der Waals surface area contributed by atoms with Crippen molar-refractivity contribution in [2.24, 2.45) is 11.7 Å². The maximum Gasteiger partial charge on any atom is 0.243 e. The van der Waals surface area contributed by atoms with E-state index in [1.165, 1.54) is 0 Å². The van der Waals surface area contributed by atoms with Crippen LogP contribution in [0.2, 0.25) is 0 Å². The smallest absolute Gasteiger partial charge is 0.243 e. The van der Waals surface area contributed by atoms with E-state index >= 15 is 0 Å². The highest BCUT2D eigenvalue weighted by atomic mass is 35.5. The summed E-state index contributed by atoms with van der Waals surface area (Å²) < 4.78 is 0. The monoisotopic (exact) mass is 456 g/mol. The molecule has 0 aromatic carbocycles. The third-order valence-electron chi connectivity index (χ3n) is 4.98. The molecule has 0 bridgehead atoms. The van der Waals surface area contributed by atoms with Gasteiger partial charge in [0.25, 0.3) is 0 Å². The topological polar surface area (TPSA) is 172 Å². The molecule has 2 fully saturated rings. The van der Waals surface area contributed by atoms with Crippen LogP contribution in [0.25, 0.3) is 0 Å². The first kappa shape index (κ1) is 29.6. The number of rotatable bonds is 8. The Morgan fingerprint density at radius 3 is 2.59 bits per heavy atom.